The summed E-state index contributed by atoms with van der Waals surface area (Å²) in [5.74, 6) is -0.395. The van der Waals surface area contributed by atoms with Crippen molar-refractivity contribution in [2.75, 3.05) is 12.9 Å². The Balaban J connectivity index is 2.00. The van der Waals surface area contributed by atoms with Crippen LogP contribution >= 0.6 is 11.6 Å². The van der Waals surface area contributed by atoms with E-state index >= 15 is 0 Å². The highest BCUT2D eigenvalue weighted by molar-refractivity contribution is 7.91. The molecule has 1 aromatic carbocycles. The van der Waals surface area contributed by atoms with Crippen molar-refractivity contribution >= 4 is 27.3 Å². The first-order valence-corrected chi connectivity index (χ1v) is 10.3. The molecule has 5 nitrogen and oxygen atoms in total. The van der Waals surface area contributed by atoms with E-state index in [-0.39, 0.29) is 11.8 Å². The minimum atomic E-state index is -3.60. The number of hydrogen-bond donors (Lipinski definition) is 1. The molecule has 1 aliphatic rings. The molecule has 24 heavy (non-hydrogen) atoms. The summed E-state index contributed by atoms with van der Waals surface area (Å²) in [5, 5.41) is 3.31. The Labute approximate surface area is 148 Å². The second-order valence-electron chi connectivity index (χ2n) is 6.42. The van der Waals surface area contributed by atoms with Crippen LogP contribution in [0.2, 0.25) is 5.02 Å². The van der Waals surface area contributed by atoms with Gasteiger partial charge in [0.15, 0.2) is 9.84 Å². The van der Waals surface area contributed by atoms with Crippen molar-refractivity contribution in [3.63, 3.8) is 0 Å². The molecule has 7 heteroatoms. The molecular formula is C17H24ClNO4S. The molecule has 1 saturated carbocycles. The van der Waals surface area contributed by atoms with Crippen LogP contribution in [-0.2, 0) is 20.4 Å². The minimum absolute atomic E-state index is 0.0714. The first kappa shape index (κ1) is 19.1. The molecule has 0 saturated heterocycles. The zero-order valence-electron chi connectivity index (χ0n) is 14.0. The maximum absolute atomic E-state index is 12.4. The molecule has 2 rings (SSSR count). The Kier molecular flexibility index (Phi) is 6.52. The van der Waals surface area contributed by atoms with Gasteiger partial charge in [0.2, 0.25) is 5.91 Å². The average molecular weight is 374 g/mol. The fourth-order valence-electron chi connectivity index (χ4n) is 3.13. The van der Waals surface area contributed by atoms with Crippen LogP contribution in [0, 0.1) is 5.92 Å². The zero-order chi connectivity index (χ0) is 17.7. The van der Waals surface area contributed by atoms with Crippen molar-refractivity contribution in [2.24, 2.45) is 5.92 Å². The van der Waals surface area contributed by atoms with Gasteiger partial charge in [0.25, 0.3) is 0 Å². The van der Waals surface area contributed by atoms with Crippen LogP contribution in [0.15, 0.2) is 18.2 Å². The predicted molar refractivity (Wildman–Crippen MR) is 95.1 cm³/mol. The number of benzene rings is 1. The monoisotopic (exact) mass is 373 g/mol. The molecule has 2 atom stereocenters. The van der Waals surface area contributed by atoms with Crippen molar-refractivity contribution in [1.29, 1.82) is 0 Å². The number of carbonyl (C=O) groups excluding carboxylic acids is 1. The minimum Gasteiger partial charge on any atom is -0.496 e. The van der Waals surface area contributed by atoms with Gasteiger partial charge in [0.1, 0.15) is 11.5 Å². The quantitative estimate of drug-likeness (QED) is 0.832. The van der Waals surface area contributed by atoms with Gasteiger partial charge in [-0.2, -0.15) is 0 Å². The molecule has 1 aliphatic carbocycles. The molecule has 0 radical (unpaired) electrons. The number of carbonyl (C=O) groups is 1. The molecular weight excluding hydrogens is 350 g/mol. The van der Waals surface area contributed by atoms with E-state index < -0.39 is 21.5 Å². The molecule has 0 aliphatic heterocycles. The van der Waals surface area contributed by atoms with E-state index in [4.69, 9.17) is 16.3 Å². The summed E-state index contributed by atoms with van der Waals surface area (Å²) >= 11 is 5.92. The van der Waals surface area contributed by atoms with Crippen molar-refractivity contribution in [3.05, 3.63) is 28.8 Å². The van der Waals surface area contributed by atoms with Crippen LogP contribution < -0.4 is 10.1 Å². The summed E-state index contributed by atoms with van der Waals surface area (Å²) in [4.78, 5) is 12.1. The smallest absolute Gasteiger partial charge is 0.235 e. The van der Waals surface area contributed by atoms with Gasteiger partial charge in [0, 0.05) is 16.6 Å². The maximum atomic E-state index is 12.4. The van der Waals surface area contributed by atoms with Crippen LogP contribution in [0.4, 0.5) is 0 Å². The topological polar surface area (TPSA) is 72.5 Å². The fraction of sp³-hybridized carbons (Fsp3) is 0.588. The van der Waals surface area contributed by atoms with Gasteiger partial charge < -0.3 is 10.1 Å². The van der Waals surface area contributed by atoms with Gasteiger partial charge in [-0.15, -0.1) is 0 Å². The number of methoxy groups -OCH3 is 1. The van der Waals surface area contributed by atoms with Crippen LogP contribution in [0.1, 0.15) is 38.2 Å². The Morgan fingerprint density at radius 1 is 1.33 bits per heavy atom. The highest BCUT2D eigenvalue weighted by Gasteiger charge is 2.25. The lowest BCUT2D eigenvalue weighted by atomic mass is 9.86. The van der Waals surface area contributed by atoms with Gasteiger partial charge in [-0.1, -0.05) is 31.4 Å². The van der Waals surface area contributed by atoms with Crippen LogP contribution in [0.3, 0.4) is 0 Å². The largest absolute Gasteiger partial charge is 0.496 e. The van der Waals surface area contributed by atoms with Gasteiger partial charge in [-0.25, -0.2) is 8.42 Å². The van der Waals surface area contributed by atoms with Crippen LogP contribution in [0.5, 0.6) is 5.75 Å². The highest BCUT2D eigenvalue weighted by atomic mass is 35.5. The van der Waals surface area contributed by atoms with Gasteiger partial charge in [-0.05, 0) is 37.0 Å². The molecule has 1 aromatic rings. The van der Waals surface area contributed by atoms with Gasteiger partial charge >= 0.3 is 0 Å². The third-order valence-electron chi connectivity index (χ3n) is 4.43. The summed E-state index contributed by atoms with van der Waals surface area (Å²) in [5.41, 5.74) is 0.462. The summed E-state index contributed by atoms with van der Waals surface area (Å²) < 4.78 is 29.9. The molecule has 1 amide bonds. The van der Waals surface area contributed by atoms with Crippen molar-refractivity contribution in [3.8, 4) is 5.75 Å². The number of halogens is 1. The van der Waals surface area contributed by atoms with Crippen molar-refractivity contribution < 1.29 is 17.9 Å². The molecule has 1 N–H and O–H groups in total. The number of amides is 1. The first-order chi connectivity index (χ1) is 11.3. The first-order valence-electron chi connectivity index (χ1n) is 8.13. The summed E-state index contributed by atoms with van der Waals surface area (Å²) in [7, 11) is -2.13. The molecule has 134 valence electrons. The summed E-state index contributed by atoms with van der Waals surface area (Å²) in [6.07, 6.45) is 4.22. The van der Waals surface area contributed by atoms with Crippen molar-refractivity contribution in [2.45, 2.75) is 44.4 Å². The zero-order valence-corrected chi connectivity index (χ0v) is 15.6. The Morgan fingerprint density at radius 3 is 2.71 bits per heavy atom. The third kappa shape index (κ3) is 5.38. The van der Waals surface area contributed by atoms with Crippen LogP contribution in [0.25, 0.3) is 0 Å². The molecule has 2 unspecified atom stereocenters. The maximum Gasteiger partial charge on any atom is 0.235 e. The molecule has 0 bridgehead atoms. The van der Waals surface area contributed by atoms with E-state index in [0.29, 0.717) is 22.3 Å². The lowest BCUT2D eigenvalue weighted by molar-refractivity contribution is -0.119. The number of ether oxygens (including phenoxy) is 1. The number of hydrogen-bond acceptors (Lipinski definition) is 4. The molecule has 1 fully saturated rings. The SMILES string of the molecule is COc1ccc(Cl)cc1CS(=O)(=O)CC(=O)NC1CCCCC1C. The molecule has 0 aromatic heterocycles. The standard InChI is InChI=1S/C17H24ClNO4S/c1-12-5-3-4-6-15(12)19-17(20)11-24(21,22)10-13-9-14(18)7-8-16(13)23-2/h7-9,12,15H,3-6,10-11H2,1-2H3,(H,19,20). The van der Waals surface area contributed by atoms with E-state index in [1.54, 1.807) is 18.2 Å². The predicted octanol–water partition coefficient (Wildman–Crippen LogP) is 2.96. The highest BCUT2D eigenvalue weighted by Crippen LogP contribution is 2.25. The number of sulfone groups is 1. The molecule has 0 heterocycles. The summed E-state index contributed by atoms with van der Waals surface area (Å²) in [6, 6.07) is 4.88. The van der Waals surface area contributed by atoms with Gasteiger partial charge in [-0.3, -0.25) is 4.79 Å². The van der Waals surface area contributed by atoms with Crippen LogP contribution in [-0.4, -0.2) is 33.2 Å². The summed E-state index contributed by atoms with van der Waals surface area (Å²) in [6.45, 7) is 2.09. The average Bonchev–Trinajstić information content (AvgIpc) is 2.48. The van der Waals surface area contributed by atoms with E-state index in [9.17, 15) is 13.2 Å². The van der Waals surface area contributed by atoms with E-state index in [0.717, 1.165) is 19.3 Å². The van der Waals surface area contributed by atoms with E-state index in [1.807, 2.05) is 0 Å². The van der Waals surface area contributed by atoms with E-state index in [1.165, 1.54) is 13.5 Å². The third-order valence-corrected chi connectivity index (χ3v) is 6.11. The fourth-order valence-corrected chi connectivity index (χ4v) is 4.61. The lowest BCUT2D eigenvalue weighted by Gasteiger charge is -2.29. The van der Waals surface area contributed by atoms with Gasteiger partial charge in [0.05, 0.1) is 12.9 Å². The Hall–Kier alpha value is -1.27. The molecule has 0 spiro atoms. The van der Waals surface area contributed by atoms with E-state index in [2.05, 4.69) is 12.2 Å². The Morgan fingerprint density at radius 2 is 2.04 bits per heavy atom. The Bertz CT molecular complexity index is 690. The second kappa shape index (κ2) is 8.21. The normalized spacial score (nSPS) is 21.3. The second-order valence-corrected chi connectivity index (χ2v) is 8.93. The lowest BCUT2D eigenvalue weighted by Crippen LogP contribution is -2.43. The number of nitrogens with one attached hydrogen (secondary N) is 1. The number of rotatable bonds is 6. The van der Waals surface area contributed by atoms with Crippen molar-refractivity contribution in [1.82, 2.24) is 5.32 Å².